The van der Waals surface area contributed by atoms with Crippen LogP contribution >= 0.6 is 0 Å². The summed E-state index contributed by atoms with van der Waals surface area (Å²) in [6.45, 7) is 0. The van der Waals surface area contributed by atoms with Crippen molar-refractivity contribution in [3.63, 3.8) is 0 Å². The monoisotopic (exact) mass is 300 g/mol. The Bertz CT molecular complexity index is 524. The first kappa shape index (κ1) is 14.7. The van der Waals surface area contributed by atoms with E-state index in [2.05, 4.69) is 9.98 Å². The van der Waals surface area contributed by atoms with Crippen molar-refractivity contribution in [2.45, 2.75) is 12.2 Å². The van der Waals surface area contributed by atoms with Crippen LogP contribution in [0.4, 0.5) is 0 Å². The maximum absolute atomic E-state index is 10.3. The van der Waals surface area contributed by atoms with Crippen molar-refractivity contribution >= 4 is 12.7 Å². The summed E-state index contributed by atoms with van der Waals surface area (Å²) in [6.07, 6.45) is 13.3. The third-order valence-corrected chi connectivity index (χ3v) is 4.04. The Morgan fingerprint density at radius 1 is 0.864 bits per heavy atom. The molecule has 0 bridgehead atoms. The average molecular weight is 300 g/mol. The van der Waals surface area contributed by atoms with Crippen molar-refractivity contribution in [2.24, 2.45) is 21.8 Å². The van der Waals surface area contributed by atoms with Gasteiger partial charge in [0.25, 0.3) is 0 Å². The highest BCUT2D eigenvalue weighted by Crippen LogP contribution is 2.38. The quantitative estimate of drug-likeness (QED) is 0.787. The van der Waals surface area contributed by atoms with Crippen molar-refractivity contribution in [1.29, 1.82) is 0 Å². The van der Waals surface area contributed by atoms with E-state index in [1.54, 1.807) is 12.7 Å². The third-order valence-electron chi connectivity index (χ3n) is 4.04. The fourth-order valence-corrected chi connectivity index (χ4v) is 2.62. The van der Waals surface area contributed by atoms with Crippen LogP contribution < -0.4 is 0 Å². The molecule has 6 heteroatoms. The molecule has 0 radical (unpaired) electrons. The minimum absolute atomic E-state index is 0.304. The molecule has 22 heavy (non-hydrogen) atoms. The van der Waals surface area contributed by atoms with Gasteiger partial charge in [-0.25, -0.2) is 9.98 Å². The van der Waals surface area contributed by atoms with Crippen molar-refractivity contribution in [3.05, 3.63) is 48.1 Å². The lowest BCUT2D eigenvalue weighted by Gasteiger charge is -2.44. The predicted octanol–water partition coefficient (Wildman–Crippen LogP) is 0.697. The van der Waals surface area contributed by atoms with E-state index < -0.39 is 12.2 Å². The van der Waals surface area contributed by atoms with Gasteiger partial charge in [-0.15, -0.1) is 0 Å². The summed E-state index contributed by atoms with van der Waals surface area (Å²) in [5.74, 6) is -0.609. The van der Waals surface area contributed by atoms with E-state index in [1.165, 1.54) is 0 Å². The maximum Gasteiger partial charge on any atom is 0.0949 e. The Hall–Kier alpha value is -2.18. The van der Waals surface area contributed by atoms with Crippen LogP contribution in [0.1, 0.15) is 0 Å². The second-order valence-electron chi connectivity index (χ2n) is 5.77. The highest BCUT2D eigenvalue weighted by molar-refractivity contribution is 5.61. The zero-order valence-corrected chi connectivity index (χ0v) is 12.6. The largest absolute Gasteiger partial charge is 0.392 e. The maximum atomic E-state index is 10.3. The van der Waals surface area contributed by atoms with Gasteiger partial charge in [0, 0.05) is 38.3 Å². The first-order chi connectivity index (χ1) is 10.5. The number of allylic oxidation sites excluding steroid dienone is 2. The summed E-state index contributed by atoms with van der Waals surface area (Å²) < 4.78 is 0. The molecule has 116 valence electrons. The molecule has 0 aromatic carbocycles. The first-order valence-electron chi connectivity index (χ1n) is 7.23. The Balaban J connectivity index is 1.67. The van der Waals surface area contributed by atoms with E-state index in [0.717, 1.165) is 11.4 Å². The summed E-state index contributed by atoms with van der Waals surface area (Å²) in [4.78, 5) is 12.2. The van der Waals surface area contributed by atoms with Crippen LogP contribution in [0, 0.1) is 11.8 Å². The number of rotatable bonds is 2. The number of aliphatic imine (C=N–C) groups is 2. The molecule has 3 aliphatic rings. The van der Waals surface area contributed by atoms with Gasteiger partial charge in [0.05, 0.1) is 36.3 Å². The molecule has 0 unspecified atom stereocenters. The summed E-state index contributed by atoms with van der Waals surface area (Å²) in [7, 11) is 3.78. The summed E-state index contributed by atoms with van der Waals surface area (Å²) in [5.41, 5.74) is 1.51. The van der Waals surface area contributed by atoms with Crippen LogP contribution in [0.15, 0.2) is 58.1 Å². The minimum Gasteiger partial charge on any atom is -0.392 e. The van der Waals surface area contributed by atoms with E-state index in [1.807, 2.05) is 60.6 Å². The predicted molar refractivity (Wildman–Crippen MR) is 85.9 cm³/mol. The molecule has 2 heterocycles. The van der Waals surface area contributed by atoms with Gasteiger partial charge in [0.15, 0.2) is 0 Å². The zero-order valence-electron chi connectivity index (χ0n) is 12.6. The molecule has 0 amide bonds. The van der Waals surface area contributed by atoms with Gasteiger partial charge in [-0.3, -0.25) is 0 Å². The fourth-order valence-electron chi connectivity index (χ4n) is 2.62. The molecule has 1 fully saturated rings. The molecule has 2 aliphatic heterocycles. The lowest BCUT2D eigenvalue weighted by atomic mass is 9.68. The normalized spacial score (nSPS) is 37.3. The number of hydrogen-bond donors (Lipinski definition) is 2. The Labute approximate surface area is 129 Å². The van der Waals surface area contributed by atoms with Gasteiger partial charge in [0.2, 0.25) is 0 Å². The Morgan fingerprint density at radius 3 is 1.59 bits per heavy atom. The Kier molecular flexibility index (Phi) is 3.96. The van der Waals surface area contributed by atoms with Gasteiger partial charge >= 0.3 is 0 Å². The highest BCUT2D eigenvalue weighted by atomic mass is 16.3. The summed E-state index contributed by atoms with van der Waals surface area (Å²) in [5, 5.41) is 20.6. The molecular weight excluding hydrogens is 280 g/mol. The molecular formula is C16H20N4O2. The van der Waals surface area contributed by atoms with Crippen molar-refractivity contribution in [1.82, 2.24) is 9.80 Å². The molecule has 3 rings (SSSR count). The van der Waals surface area contributed by atoms with Gasteiger partial charge in [-0.1, -0.05) is 12.2 Å². The van der Waals surface area contributed by atoms with Gasteiger partial charge in [-0.05, 0) is 12.2 Å². The van der Waals surface area contributed by atoms with E-state index in [-0.39, 0.29) is 11.8 Å². The van der Waals surface area contributed by atoms with Crippen LogP contribution in [0.3, 0.4) is 0 Å². The Morgan fingerprint density at radius 2 is 1.27 bits per heavy atom. The van der Waals surface area contributed by atoms with Crippen LogP contribution in [0.25, 0.3) is 0 Å². The molecule has 1 saturated carbocycles. The minimum atomic E-state index is -0.624. The molecule has 0 aromatic heterocycles. The molecule has 0 aromatic rings. The van der Waals surface area contributed by atoms with Crippen LogP contribution in [0.5, 0.6) is 0 Å². The molecule has 2 N–H and O–H groups in total. The number of nitrogens with zero attached hydrogens (tertiary/aromatic N) is 4. The first-order valence-corrected chi connectivity index (χ1v) is 7.23. The molecule has 1 aliphatic carbocycles. The smallest absolute Gasteiger partial charge is 0.0949 e. The average Bonchev–Trinajstić information content (AvgIpc) is 2.53. The second-order valence-corrected chi connectivity index (χ2v) is 5.77. The van der Waals surface area contributed by atoms with Crippen molar-refractivity contribution < 1.29 is 10.2 Å². The van der Waals surface area contributed by atoms with E-state index in [9.17, 15) is 10.2 Å². The molecule has 0 atom stereocenters. The summed E-state index contributed by atoms with van der Waals surface area (Å²) >= 11 is 0. The van der Waals surface area contributed by atoms with Gasteiger partial charge in [0.1, 0.15) is 0 Å². The zero-order chi connectivity index (χ0) is 15.7. The lowest BCUT2D eigenvalue weighted by molar-refractivity contribution is -0.110. The summed E-state index contributed by atoms with van der Waals surface area (Å²) in [6, 6.07) is 0. The van der Waals surface area contributed by atoms with Crippen molar-refractivity contribution in [2.75, 3.05) is 14.1 Å². The van der Waals surface area contributed by atoms with E-state index in [4.69, 9.17) is 0 Å². The second kappa shape index (κ2) is 5.90. The van der Waals surface area contributed by atoms with Crippen LogP contribution in [0.2, 0.25) is 0 Å². The molecule has 0 saturated heterocycles. The standard InChI is InChI=1S/C16H20N4O2/c1-19-5-3-11(17-9-19)7-13-15(21)14(16(13)22)8-12-4-6-20(2)10-18-12/h3-10,13-16,21-22H,1-2H3. The number of hydrogen-bond acceptors (Lipinski definition) is 6. The number of aliphatic hydroxyl groups is 2. The SMILES string of the molecule is CN1C=CC(=CC2C(O)C(C=C3C=CN(C)C=N3)C2O)N=C1. The van der Waals surface area contributed by atoms with Gasteiger partial charge < -0.3 is 20.0 Å². The number of aliphatic hydroxyl groups excluding tert-OH is 2. The van der Waals surface area contributed by atoms with Crippen molar-refractivity contribution in [3.8, 4) is 0 Å². The topological polar surface area (TPSA) is 71.7 Å². The fraction of sp³-hybridized carbons (Fsp3) is 0.375. The van der Waals surface area contributed by atoms with Crippen LogP contribution in [-0.2, 0) is 0 Å². The molecule has 6 nitrogen and oxygen atoms in total. The third kappa shape index (κ3) is 2.88. The highest BCUT2D eigenvalue weighted by Gasteiger charge is 2.46. The lowest BCUT2D eigenvalue weighted by Crippen LogP contribution is -2.53. The molecule has 0 spiro atoms. The van der Waals surface area contributed by atoms with Crippen LogP contribution in [-0.4, -0.2) is 59.0 Å². The van der Waals surface area contributed by atoms with E-state index >= 15 is 0 Å². The van der Waals surface area contributed by atoms with Gasteiger partial charge in [-0.2, -0.15) is 0 Å². The van der Waals surface area contributed by atoms with E-state index in [0.29, 0.717) is 0 Å².